The van der Waals surface area contributed by atoms with Gasteiger partial charge in [0.15, 0.2) is 0 Å². The summed E-state index contributed by atoms with van der Waals surface area (Å²) in [6.45, 7) is 7.04. The summed E-state index contributed by atoms with van der Waals surface area (Å²) >= 11 is 0. The summed E-state index contributed by atoms with van der Waals surface area (Å²) in [6.07, 6.45) is 13.4. The van der Waals surface area contributed by atoms with Gasteiger partial charge in [-0.3, -0.25) is 4.79 Å². The number of allylic oxidation sites excluding steroid dienone is 1. The Morgan fingerprint density at radius 1 is 1.11 bits per heavy atom. The Bertz CT molecular complexity index is 598. The van der Waals surface area contributed by atoms with Crippen LogP contribution >= 0.6 is 0 Å². The maximum Gasteiger partial charge on any atom is 0.246 e. The first-order valence-electron chi connectivity index (χ1n) is 10.5. The van der Waals surface area contributed by atoms with Crippen LogP contribution in [0.25, 0.3) is 0 Å². The van der Waals surface area contributed by atoms with Gasteiger partial charge in [0.2, 0.25) is 10.5 Å². The Hall–Kier alpha value is 3.68. The third-order valence-electron chi connectivity index (χ3n) is 8.96. The molecule has 6 heteroatoms. The van der Waals surface area contributed by atoms with Crippen LogP contribution in [0.3, 0.4) is 0 Å². The first-order chi connectivity index (χ1) is 11.9. The Morgan fingerprint density at radius 3 is 2.46 bits per heavy atom. The fourth-order valence-electron chi connectivity index (χ4n) is 7.50. The molecule has 4 aliphatic rings. The molecule has 0 aromatic heterocycles. The second-order valence-electron chi connectivity index (χ2n) is 9.74. The van der Waals surface area contributed by atoms with Crippen molar-refractivity contribution < 1.29 is 133 Å². The van der Waals surface area contributed by atoms with Gasteiger partial charge in [0.05, 0.1) is 0 Å². The van der Waals surface area contributed by atoms with Crippen molar-refractivity contribution in [1.29, 1.82) is 0 Å². The first kappa shape index (κ1) is 29.7. The second-order valence-corrected chi connectivity index (χ2v) is 9.97. The molecule has 0 amide bonds. The van der Waals surface area contributed by atoms with Crippen molar-refractivity contribution in [3.63, 3.8) is 0 Å². The summed E-state index contributed by atoms with van der Waals surface area (Å²) in [6, 6.07) is 0. The van der Waals surface area contributed by atoms with E-state index in [9.17, 15) is 4.79 Å². The minimum absolute atomic E-state index is 0. The van der Waals surface area contributed by atoms with Gasteiger partial charge in [-0.2, -0.15) is 0 Å². The number of carbonyl (C=O) groups is 1. The van der Waals surface area contributed by atoms with Crippen LogP contribution in [0.2, 0.25) is 0 Å². The van der Waals surface area contributed by atoms with Crippen molar-refractivity contribution >= 4 is 16.3 Å². The molecule has 0 saturated heterocycles. The largest absolute Gasteiger partial charge is 0.415 e. The van der Waals surface area contributed by atoms with Gasteiger partial charge in [0.25, 0.3) is 0 Å². The molecular formula is C22H33O2Pr3Si. The van der Waals surface area contributed by atoms with E-state index in [1.165, 1.54) is 38.5 Å². The molecule has 4 aliphatic carbocycles. The number of hydrogen-bond donors (Lipinski definition) is 0. The Kier molecular flexibility index (Phi) is 12.6. The summed E-state index contributed by atoms with van der Waals surface area (Å²) in [5.74, 6) is 3.22. The monoisotopic (exact) mass is 780 g/mol. The maximum atomic E-state index is 12.6. The molecule has 0 aromatic carbocycles. The van der Waals surface area contributed by atoms with Crippen molar-refractivity contribution in [2.45, 2.75) is 84.7 Å². The molecule has 0 aromatic rings. The zero-order valence-electron chi connectivity index (χ0n) is 17.9. The second kappa shape index (κ2) is 11.9. The smallest absolute Gasteiger partial charge is 0.246 e. The van der Waals surface area contributed by atoms with Crippen LogP contribution in [-0.2, 0) is 9.22 Å². The molecule has 0 aliphatic heterocycles. The summed E-state index contributed by atoms with van der Waals surface area (Å²) < 4.78 is 5.49. The van der Waals surface area contributed by atoms with Crippen LogP contribution in [0, 0.1) is 158 Å². The average Bonchev–Trinajstić information content (AvgIpc) is 2.97. The van der Waals surface area contributed by atoms with Crippen molar-refractivity contribution in [2.75, 3.05) is 0 Å². The molecule has 1 unspecified atom stereocenters. The van der Waals surface area contributed by atoms with Gasteiger partial charge in [-0.25, -0.2) is 0 Å². The van der Waals surface area contributed by atoms with E-state index in [-0.39, 0.29) is 129 Å². The SMILES string of the molecule is CCC(=O)[C@H]1CC[C@H]2[C@@H]3CC=C4CC(O[Si])CC[C@]4(C)[C@H]3CC[C@]12C.[Pr].[Pr].[Pr]. The van der Waals surface area contributed by atoms with E-state index in [4.69, 9.17) is 4.43 Å². The molecular weight excluding hydrogens is 747 g/mol. The van der Waals surface area contributed by atoms with Crippen LogP contribution in [0.4, 0.5) is 0 Å². The van der Waals surface area contributed by atoms with E-state index in [0.29, 0.717) is 23.2 Å². The van der Waals surface area contributed by atoms with E-state index < -0.39 is 0 Å². The summed E-state index contributed by atoms with van der Waals surface area (Å²) in [5.41, 5.74) is 2.30. The normalized spacial score (nSPS) is 43.7. The molecule has 2 nitrogen and oxygen atoms in total. The standard InChI is InChI=1S/C22H33O2Si.3Pr/c1-4-20(23)19-8-7-17-16-6-5-14-13-15(24-25)9-11-21(14,2)18(16)10-12-22(17,19)3;;;/h5,15-19H,4,6-13H2,1-3H3;;;/t15?,16-,17-,18-,19+,21-,22-;;;/m0.../s1. The fraction of sp³-hybridized carbons (Fsp3) is 0.864. The quantitative estimate of drug-likeness (QED) is 0.298. The van der Waals surface area contributed by atoms with Crippen molar-refractivity contribution in [1.82, 2.24) is 0 Å². The van der Waals surface area contributed by atoms with E-state index in [0.717, 1.165) is 37.0 Å². The van der Waals surface area contributed by atoms with Gasteiger partial charge in [-0.05, 0) is 80.0 Å². The topological polar surface area (TPSA) is 26.3 Å². The number of ketones is 1. The summed E-state index contributed by atoms with van der Waals surface area (Å²) in [5, 5.41) is 0. The molecule has 0 heterocycles. The molecule has 0 N–H and O–H groups in total. The van der Waals surface area contributed by atoms with E-state index in [1.807, 2.05) is 6.92 Å². The Labute approximate surface area is 275 Å². The zero-order valence-corrected chi connectivity index (χ0v) is 30.0. The van der Waals surface area contributed by atoms with Crippen LogP contribution in [0.5, 0.6) is 0 Å². The molecule has 28 heavy (non-hydrogen) atoms. The van der Waals surface area contributed by atoms with Gasteiger partial charge in [-0.1, -0.05) is 32.4 Å². The average molecular weight is 780 g/mol. The van der Waals surface area contributed by atoms with Crippen molar-refractivity contribution in [2.24, 2.45) is 34.5 Å². The molecule has 0 spiro atoms. The number of carbonyl (C=O) groups excluding carboxylic acids is 1. The van der Waals surface area contributed by atoms with Crippen LogP contribution < -0.4 is 0 Å². The zero-order chi connectivity index (χ0) is 17.8. The van der Waals surface area contributed by atoms with Crippen LogP contribution in [-0.4, -0.2) is 22.4 Å². The minimum Gasteiger partial charge on any atom is -0.415 e. The molecule has 3 saturated carbocycles. The summed E-state index contributed by atoms with van der Waals surface area (Å²) in [7, 11) is 3.28. The molecule has 6 radical (unpaired) electrons. The number of rotatable bonds is 3. The summed E-state index contributed by atoms with van der Waals surface area (Å²) in [4.78, 5) is 12.6. The Morgan fingerprint density at radius 2 is 1.82 bits per heavy atom. The maximum absolute atomic E-state index is 12.6. The van der Waals surface area contributed by atoms with Gasteiger partial charge < -0.3 is 4.43 Å². The molecule has 0 bridgehead atoms. The minimum atomic E-state index is 0. The molecule has 146 valence electrons. The number of hydrogen-bond acceptors (Lipinski definition) is 2. The van der Waals surface area contributed by atoms with E-state index in [1.54, 1.807) is 5.57 Å². The first-order valence-corrected chi connectivity index (χ1v) is 10.9. The van der Waals surface area contributed by atoms with Gasteiger partial charge in [-0.15, -0.1) is 0 Å². The van der Waals surface area contributed by atoms with E-state index in [2.05, 4.69) is 30.4 Å². The van der Waals surface area contributed by atoms with Gasteiger partial charge in [0, 0.05) is 142 Å². The Balaban J connectivity index is 0.00000131. The van der Waals surface area contributed by atoms with Crippen LogP contribution in [0.1, 0.15) is 78.6 Å². The van der Waals surface area contributed by atoms with Crippen molar-refractivity contribution in [3.8, 4) is 0 Å². The van der Waals surface area contributed by atoms with Crippen LogP contribution in [0.15, 0.2) is 11.6 Å². The molecule has 4 rings (SSSR count). The third kappa shape index (κ3) is 5.03. The predicted molar refractivity (Wildman–Crippen MR) is 101 cm³/mol. The third-order valence-corrected chi connectivity index (χ3v) is 9.30. The number of Topliss-reactive ketones (excluding diaryl/α,β-unsaturated/α-hetero) is 1. The van der Waals surface area contributed by atoms with Gasteiger partial charge >= 0.3 is 0 Å². The molecule has 3 fully saturated rings. The van der Waals surface area contributed by atoms with Crippen molar-refractivity contribution in [3.05, 3.63) is 11.6 Å². The predicted octanol–water partition coefficient (Wildman–Crippen LogP) is 5.01. The number of fused-ring (bicyclic) bond motifs is 5. The van der Waals surface area contributed by atoms with E-state index >= 15 is 0 Å². The fourth-order valence-corrected chi connectivity index (χ4v) is 7.70. The van der Waals surface area contributed by atoms with Gasteiger partial charge in [0.1, 0.15) is 5.78 Å². The molecule has 7 atom stereocenters.